The molecule has 1 nitrogen and oxygen atoms in total. The third kappa shape index (κ3) is 3.80. The fourth-order valence-electron chi connectivity index (χ4n) is 2.42. The average molecular weight is 362 g/mol. The Labute approximate surface area is 120 Å². The second-order valence-corrected chi connectivity index (χ2v) is 6.35. The van der Waals surface area contributed by atoms with Crippen LogP contribution in [0, 0.1) is 0 Å². The first kappa shape index (κ1) is 13.6. The van der Waals surface area contributed by atoms with Crippen LogP contribution in [0.1, 0.15) is 37.7 Å². The number of ether oxygens (including phenoxy) is 1. The Morgan fingerprint density at radius 3 is 2.82 bits per heavy atom. The number of halogens is 2. The maximum Gasteiger partial charge on any atom is 0.0585 e. The quantitative estimate of drug-likeness (QED) is 0.694. The molecule has 3 atom stereocenters. The van der Waals surface area contributed by atoms with Gasteiger partial charge in [0.15, 0.2) is 0 Å². The van der Waals surface area contributed by atoms with Crippen molar-refractivity contribution in [2.45, 2.75) is 44.3 Å². The van der Waals surface area contributed by atoms with Crippen molar-refractivity contribution in [2.75, 3.05) is 5.33 Å². The number of rotatable bonds is 4. The van der Waals surface area contributed by atoms with Crippen LogP contribution in [0.15, 0.2) is 28.7 Å². The van der Waals surface area contributed by atoms with Crippen LogP contribution in [-0.2, 0) is 4.74 Å². The number of alkyl halides is 1. The molecular weight excluding hydrogens is 344 g/mol. The van der Waals surface area contributed by atoms with E-state index >= 15 is 0 Å². The lowest BCUT2D eigenvalue weighted by molar-refractivity contribution is 0.0479. The summed E-state index contributed by atoms with van der Waals surface area (Å²) in [5, 5.41) is 0.998. The van der Waals surface area contributed by atoms with Crippen molar-refractivity contribution in [2.24, 2.45) is 0 Å². The molecule has 1 aliphatic rings. The van der Waals surface area contributed by atoms with E-state index in [0.717, 1.165) is 16.2 Å². The highest BCUT2D eigenvalue weighted by atomic mass is 79.9. The molecular formula is C14H18Br2O. The first-order valence-corrected chi connectivity index (χ1v) is 8.07. The number of hydrogen-bond donors (Lipinski definition) is 0. The van der Waals surface area contributed by atoms with Crippen molar-refractivity contribution in [1.29, 1.82) is 0 Å². The molecule has 1 aromatic carbocycles. The topological polar surface area (TPSA) is 9.23 Å². The molecule has 0 aliphatic carbocycles. The van der Waals surface area contributed by atoms with E-state index in [1.807, 2.05) is 0 Å². The lowest BCUT2D eigenvalue weighted by Gasteiger charge is -2.19. The standard InChI is InChI=1S/C14H18Br2O/c1-10-5-6-14(17-10)8-12(9-15)11-3-2-4-13(16)7-11/h2-4,7,10,12,14H,5-6,8-9H2,1H3. The maximum atomic E-state index is 5.91. The number of benzene rings is 1. The highest BCUT2D eigenvalue weighted by Crippen LogP contribution is 2.31. The van der Waals surface area contributed by atoms with Gasteiger partial charge in [-0.15, -0.1) is 0 Å². The zero-order chi connectivity index (χ0) is 12.3. The van der Waals surface area contributed by atoms with E-state index in [4.69, 9.17) is 4.74 Å². The molecule has 1 aromatic rings. The molecule has 0 saturated carbocycles. The van der Waals surface area contributed by atoms with E-state index in [0.29, 0.717) is 18.1 Å². The molecule has 1 fully saturated rings. The highest BCUT2D eigenvalue weighted by Gasteiger charge is 2.25. The van der Waals surface area contributed by atoms with Crippen molar-refractivity contribution in [3.63, 3.8) is 0 Å². The predicted molar refractivity (Wildman–Crippen MR) is 78.9 cm³/mol. The second-order valence-electron chi connectivity index (χ2n) is 4.79. The van der Waals surface area contributed by atoms with Crippen molar-refractivity contribution >= 4 is 31.9 Å². The summed E-state index contributed by atoms with van der Waals surface area (Å²) in [5.74, 6) is 0.544. The molecule has 0 amide bonds. The summed E-state index contributed by atoms with van der Waals surface area (Å²) in [5.41, 5.74) is 1.39. The third-order valence-electron chi connectivity index (χ3n) is 3.37. The summed E-state index contributed by atoms with van der Waals surface area (Å²) in [4.78, 5) is 0. The minimum atomic E-state index is 0.437. The molecule has 1 heterocycles. The Hall–Kier alpha value is 0.140. The zero-order valence-electron chi connectivity index (χ0n) is 10.0. The molecule has 94 valence electrons. The Morgan fingerprint density at radius 1 is 1.41 bits per heavy atom. The molecule has 0 spiro atoms. The van der Waals surface area contributed by atoms with E-state index in [-0.39, 0.29) is 0 Å². The van der Waals surface area contributed by atoms with Gasteiger partial charge in [-0.2, -0.15) is 0 Å². The molecule has 0 bridgehead atoms. The largest absolute Gasteiger partial charge is 0.375 e. The molecule has 3 unspecified atom stereocenters. The molecule has 0 radical (unpaired) electrons. The van der Waals surface area contributed by atoms with Gasteiger partial charge in [0.2, 0.25) is 0 Å². The van der Waals surface area contributed by atoms with E-state index < -0.39 is 0 Å². The fraction of sp³-hybridized carbons (Fsp3) is 0.571. The second kappa shape index (κ2) is 6.35. The van der Waals surface area contributed by atoms with Gasteiger partial charge in [-0.25, -0.2) is 0 Å². The molecule has 1 saturated heterocycles. The van der Waals surface area contributed by atoms with Gasteiger partial charge >= 0.3 is 0 Å². The minimum absolute atomic E-state index is 0.437. The monoisotopic (exact) mass is 360 g/mol. The normalized spacial score (nSPS) is 26.1. The Morgan fingerprint density at radius 2 is 2.24 bits per heavy atom. The van der Waals surface area contributed by atoms with Crippen LogP contribution >= 0.6 is 31.9 Å². The Bertz CT molecular complexity index is 367. The van der Waals surface area contributed by atoms with Gasteiger partial charge in [-0.05, 0) is 49.8 Å². The van der Waals surface area contributed by atoms with Crippen molar-refractivity contribution < 1.29 is 4.74 Å². The van der Waals surface area contributed by atoms with Crippen molar-refractivity contribution in [1.82, 2.24) is 0 Å². The summed E-state index contributed by atoms with van der Waals surface area (Å²) in [6, 6.07) is 8.59. The summed E-state index contributed by atoms with van der Waals surface area (Å²) >= 11 is 7.16. The lowest BCUT2D eigenvalue weighted by Crippen LogP contribution is -2.14. The van der Waals surface area contributed by atoms with Gasteiger partial charge in [0.25, 0.3) is 0 Å². The molecule has 0 N–H and O–H groups in total. The highest BCUT2D eigenvalue weighted by molar-refractivity contribution is 9.10. The smallest absolute Gasteiger partial charge is 0.0585 e. The summed E-state index contributed by atoms with van der Waals surface area (Å²) in [7, 11) is 0. The van der Waals surface area contributed by atoms with Crippen LogP contribution in [0.2, 0.25) is 0 Å². The van der Waals surface area contributed by atoms with E-state index in [2.05, 4.69) is 63.0 Å². The van der Waals surface area contributed by atoms with Crippen LogP contribution in [0.3, 0.4) is 0 Å². The summed E-state index contributed by atoms with van der Waals surface area (Å²) < 4.78 is 7.07. The first-order valence-electron chi connectivity index (χ1n) is 6.16. The molecule has 2 rings (SSSR count). The molecule has 1 aliphatic heterocycles. The van der Waals surface area contributed by atoms with E-state index in [1.165, 1.54) is 18.4 Å². The van der Waals surface area contributed by atoms with Gasteiger partial charge in [0.1, 0.15) is 0 Å². The van der Waals surface area contributed by atoms with Gasteiger partial charge in [-0.3, -0.25) is 0 Å². The van der Waals surface area contributed by atoms with Crippen molar-refractivity contribution in [3.05, 3.63) is 34.3 Å². The van der Waals surface area contributed by atoms with Crippen LogP contribution in [0.5, 0.6) is 0 Å². The van der Waals surface area contributed by atoms with Gasteiger partial charge in [0.05, 0.1) is 12.2 Å². The van der Waals surface area contributed by atoms with Gasteiger partial charge < -0.3 is 4.74 Å². The van der Waals surface area contributed by atoms with E-state index in [1.54, 1.807) is 0 Å². The Balaban J connectivity index is 2.01. The van der Waals surface area contributed by atoms with Crippen LogP contribution < -0.4 is 0 Å². The van der Waals surface area contributed by atoms with Crippen LogP contribution in [0.4, 0.5) is 0 Å². The van der Waals surface area contributed by atoms with Crippen molar-refractivity contribution in [3.8, 4) is 0 Å². The third-order valence-corrected chi connectivity index (χ3v) is 4.65. The molecule has 17 heavy (non-hydrogen) atoms. The lowest BCUT2D eigenvalue weighted by atomic mass is 9.94. The van der Waals surface area contributed by atoms with Gasteiger partial charge in [-0.1, -0.05) is 44.0 Å². The Kier molecular flexibility index (Phi) is 5.07. The van der Waals surface area contributed by atoms with Gasteiger partial charge in [0, 0.05) is 9.80 Å². The number of hydrogen-bond acceptors (Lipinski definition) is 1. The SMILES string of the molecule is CC1CCC(CC(CBr)c2cccc(Br)c2)O1. The first-order chi connectivity index (χ1) is 8.19. The predicted octanol–water partition coefficient (Wildman–Crippen LogP) is 4.89. The summed E-state index contributed by atoms with van der Waals surface area (Å²) in [6.45, 7) is 2.17. The van der Waals surface area contributed by atoms with Crippen LogP contribution in [-0.4, -0.2) is 17.5 Å². The minimum Gasteiger partial charge on any atom is -0.375 e. The van der Waals surface area contributed by atoms with E-state index in [9.17, 15) is 0 Å². The fourth-order valence-corrected chi connectivity index (χ4v) is 3.48. The summed E-state index contributed by atoms with van der Waals surface area (Å²) in [6.07, 6.45) is 4.41. The van der Waals surface area contributed by atoms with Crippen LogP contribution in [0.25, 0.3) is 0 Å². The zero-order valence-corrected chi connectivity index (χ0v) is 13.2. The average Bonchev–Trinajstić information content (AvgIpc) is 2.72. The maximum absolute atomic E-state index is 5.91. The molecule has 0 aromatic heterocycles. The molecule has 3 heteroatoms.